The van der Waals surface area contributed by atoms with Crippen molar-refractivity contribution in [3.63, 3.8) is 0 Å². The first-order valence-electron chi connectivity index (χ1n) is 6.58. The monoisotopic (exact) mass is 284 g/mol. The van der Waals surface area contributed by atoms with Gasteiger partial charge in [0, 0.05) is 59.5 Å². The Morgan fingerprint density at radius 2 is 2.11 bits per heavy atom. The van der Waals surface area contributed by atoms with Crippen LogP contribution in [0.15, 0.2) is 23.1 Å². The lowest BCUT2D eigenvalue weighted by Crippen LogP contribution is -2.27. The minimum atomic E-state index is -0.819. The molecule has 2 N–H and O–H groups in total. The van der Waals surface area contributed by atoms with E-state index in [-0.39, 0.29) is 10.8 Å². The van der Waals surface area contributed by atoms with Crippen molar-refractivity contribution in [3.8, 4) is 0 Å². The molecule has 6 heteroatoms. The number of hydrogen-bond donors (Lipinski definition) is 1. The zero-order valence-electron chi connectivity index (χ0n) is 10.9. The number of rotatable bonds is 5. The van der Waals surface area contributed by atoms with Crippen LogP contribution in [-0.4, -0.2) is 33.0 Å². The lowest BCUT2D eigenvalue weighted by Gasteiger charge is -2.21. The Morgan fingerprint density at radius 1 is 1.37 bits per heavy atom. The van der Waals surface area contributed by atoms with Crippen LogP contribution in [-0.2, 0) is 22.1 Å². The predicted octanol–water partition coefficient (Wildman–Crippen LogP) is 0.748. The molecule has 1 atom stereocenters. The first-order valence-corrected chi connectivity index (χ1v) is 7.96. The van der Waals surface area contributed by atoms with E-state index in [1.807, 2.05) is 0 Å². The van der Waals surface area contributed by atoms with E-state index in [1.165, 1.54) is 6.07 Å². The fourth-order valence-electron chi connectivity index (χ4n) is 2.21. The Hall–Kier alpha value is -1.14. The molecule has 1 aromatic rings. The summed E-state index contributed by atoms with van der Waals surface area (Å²) in [5.74, 6) is 0.631. The molecule has 19 heavy (non-hydrogen) atoms. The SMILES string of the molecule is Nc1ccc(=O)n(CCCS(=O)C2CCOCC2)c1. The van der Waals surface area contributed by atoms with Crippen molar-refractivity contribution in [3.05, 3.63) is 28.7 Å². The highest BCUT2D eigenvalue weighted by molar-refractivity contribution is 7.85. The molecule has 106 valence electrons. The number of aromatic nitrogens is 1. The fourth-order valence-corrected chi connectivity index (χ4v) is 3.67. The van der Waals surface area contributed by atoms with Crippen LogP contribution in [0.1, 0.15) is 19.3 Å². The first-order chi connectivity index (χ1) is 9.16. The molecule has 0 amide bonds. The molecule has 1 aromatic heterocycles. The smallest absolute Gasteiger partial charge is 0.250 e. The molecule has 0 spiro atoms. The van der Waals surface area contributed by atoms with Gasteiger partial charge in [0.05, 0.1) is 0 Å². The van der Waals surface area contributed by atoms with Gasteiger partial charge in [-0.1, -0.05) is 0 Å². The van der Waals surface area contributed by atoms with Gasteiger partial charge in [0.1, 0.15) is 0 Å². The molecular formula is C13H20N2O3S. The van der Waals surface area contributed by atoms with E-state index >= 15 is 0 Å². The number of nitrogens with two attached hydrogens (primary N) is 1. The molecule has 1 unspecified atom stereocenters. The lowest BCUT2D eigenvalue weighted by atomic mass is 10.2. The van der Waals surface area contributed by atoms with Gasteiger partial charge in [0.25, 0.3) is 5.56 Å². The summed E-state index contributed by atoms with van der Waals surface area (Å²) in [6.45, 7) is 2.00. The third-order valence-electron chi connectivity index (χ3n) is 3.29. The molecule has 0 saturated carbocycles. The lowest BCUT2D eigenvalue weighted by molar-refractivity contribution is 0.0992. The highest BCUT2D eigenvalue weighted by Gasteiger charge is 2.19. The topological polar surface area (TPSA) is 74.3 Å². The Morgan fingerprint density at radius 3 is 2.84 bits per heavy atom. The van der Waals surface area contributed by atoms with Crippen molar-refractivity contribution in [2.75, 3.05) is 24.7 Å². The van der Waals surface area contributed by atoms with Gasteiger partial charge in [-0.3, -0.25) is 9.00 Å². The molecule has 2 heterocycles. The van der Waals surface area contributed by atoms with Gasteiger partial charge in [-0.2, -0.15) is 0 Å². The summed E-state index contributed by atoms with van der Waals surface area (Å²) in [6.07, 6.45) is 4.13. The van der Waals surface area contributed by atoms with Crippen molar-refractivity contribution >= 4 is 16.5 Å². The average Bonchev–Trinajstić information content (AvgIpc) is 2.43. The Labute approximate surface area is 115 Å². The van der Waals surface area contributed by atoms with Gasteiger partial charge in [-0.25, -0.2) is 0 Å². The van der Waals surface area contributed by atoms with Crippen LogP contribution < -0.4 is 11.3 Å². The average molecular weight is 284 g/mol. The third-order valence-corrected chi connectivity index (χ3v) is 5.20. The second kappa shape index (κ2) is 6.86. The summed E-state index contributed by atoms with van der Waals surface area (Å²) in [4.78, 5) is 11.6. The summed E-state index contributed by atoms with van der Waals surface area (Å²) in [5.41, 5.74) is 6.15. The highest BCUT2D eigenvalue weighted by atomic mass is 32.2. The van der Waals surface area contributed by atoms with E-state index in [4.69, 9.17) is 10.5 Å². The van der Waals surface area contributed by atoms with E-state index in [1.54, 1.807) is 16.8 Å². The van der Waals surface area contributed by atoms with Gasteiger partial charge in [-0.15, -0.1) is 0 Å². The van der Waals surface area contributed by atoms with Gasteiger partial charge < -0.3 is 15.0 Å². The molecule has 1 aliphatic heterocycles. The number of ether oxygens (including phenoxy) is 1. The summed E-state index contributed by atoms with van der Waals surface area (Å²) < 4.78 is 18.9. The predicted molar refractivity (Wildman–Crippen MR) is 76.6 cm³/mol. The number of anilines is 1. The molecule has 1 fully saturated rings. The van der Waals surface area contributed by atoms with Crippen molar-refractivity contribution < 1.29 is 8.95 Å². The molecule has 0 bridgehead atoms. The Kier molecular flexibility index (Phi) is 5.15. The van der Waals surface area contributed by atoms with Crippen molar-refractivity contribution in [1.29, 1.82) is 0 Å². The molecule has 5 nitrogen and oxygen atoms in total. The van der Waals surface area contributed by atoms with Crippen LogP contribution in [0.3, 0.4) is 0 Å². The molecule has 0 aliphatic carbocycles. The summed E-state index contributed by atoms with van der Waals surface area (Å²) in [5, 5.41) is 0.256. The van der Waals surface area contributed by atoms with Crippen molar-refractivity contribution in [2.45, 2.75) is 31.1 Å². The quantitative estimate of drug-likeness (QED) is 0.866. The standard InChI is InChI=1S/C13H20N2O3S/c14-11-2-3-13(16)15(10-11)6-1-9-19(17)12-4-7-18-8-5-12/h2-3,10,12H,1,4-9,14H2. The van der Waals surface area contributed by atoms with Gasteiger partial charge >= 0.3 is 0 Å². The molecular weight excluding hydrogens is 264 g/mol. The van der Waals surface area contributed by atoms with E-state index in [0.29, 0.717) is 31.2 Å². The maximum atomic E-state index is 12.1. The van der Waals surface area contributed by atoms with E-state index < -0.39 is 10.8 Å². The van der Waals surface area contributed by atoms with E-state index in [9.17, 15) is 9.00 Å². The second-order valence-corrected chi connectivity index (χ2v) is 6.58. The summed E-state index contributed by atoms with van der Waals surface area (Å²) >= 11 is 0. The highest BCUT2D eigenvalue weighted by Crippen LogP contribution is 2.14. The maximum absolute atomic E-state index is 12.1. The molecule has 1 aliphatic rings. The van der Waals surface area contributed by atoms with Crippen LogP contribution in [0.2, 0.25) is 0 Å². The first kappa shape index (κ1) is 14.3. The van der Waals surface area contributed by atoms with Crippen LogP contribution in [0, 0.1) is 0 Å². The summed E-state index contributed by atoms with van der Waals surface area (Å²) in [7, 11) is -0.819. The van der Waals surface area contributed by atoms with Crippen molar-refractivity contribution in [2.24, 2.45) is 0 Å². The summed E-state index contributed by atoms with van der Waals surface area (Å²) in [6, 6.07) is 3.06. The zero-order chi connectivity index (χ0) is 13.7. The minimum absolute atomic E-state index is 0.0638. The number of aryl methyl sites for hydroxylation is 1. The van der Waals surface area contributed by atoms with Gasteiger partial charge in [0.2, 0.25) is 0 Å². The molecule has 0 aromatic carbocycles. The van der Waals surface area contributed by atoms with Crippen LogP contribution in [0.25, 0.3) is 0 Å². The maximum Gasteiger partial charge on any atom is 0.250 e. The van der Waals surface area contributed by atoms with Gasteiger partial charge in [-0.05, 0) is 25.3 Å². The van der Waals surface area contributed by atoms with E-state index in [0.717, 1.165) is 19.3 Å². The molecule has 2 rings (SSSR count). The number of hydrogen-bond acceptors (Lipinski definition) is 4. The normalized spacial score (nSPS) is 18.3. The zero-order valence-corrected chi connectivity index (χ0v) is 11.7. The largest absolute Gasteiger partial charge is 0.398 e. The molecule has 0 radical (unpaired) electrons. The number of nitrogen functional groups attached to an aromatic ring is 1. The fraction of sp³-hybridized carbons (Fsp3) is 0.615. The third kappa shape index (κ3) is 4.18. The molecule has 1 saturated heterocycles. The number of pyridine rings is 1. The van der Waals surface area contributed by atoms with E-state index in [2.05, 4.69) is 0 Å². The van der Waals surface area contributed by atoms with Gasteiger partial charge in [0.15, 0.2) is 0 Å². The Balaban J connectivity index is 1.81. The Bertz CT molecular complexity index is 495. The van der Waals surface area contributed by atoms with Crippen LogP contribution >= 0.6 is 0 Å². The van der Waals surface area contributed by atoms with Crippen molar-refractivity contribution in [1.82, 2.24) is 4.57 Å². The minimum Gasteiger partial charge on any atom is -0.398 e. The second-order valence-electron chi connectivity index (χ2n) is 4.74. The van der Waals surface area contributed by atoms with Crippen LogP contribution in [0.4, 0.5) is 5.69 Å². The number of nitrogens with zero attached hydrogens (tertiary/aromatic N) is 1. The van der Waals surface area contributed by atoms with Crippen LogP contribution in [0.5, 0.6) is 0 Å².